The van der Waals surface area contributed by atoms with Crippen LogP contribution in [0.1, 0.15) is 34.0 Å². The number of carbonyl (C=O) groups excluding carboxylic acids is 3. The van der Waals surface area contributed by atoms with E-state index in [0.717, 1.165) is 11.1 Å². The summed E-state index contributed by atoms with van der Waals surface area (Å²) in [6.45, 7) is 2.33. The molecule has 6 N–H and O–H groups in total. The maximum Gasteiger partial charge on any atom is 0.267 e. The molecule has 8 heteroatoms. The molecule has 0 saturated carbocycles. The van der Waals surface area contributed by atoms with Gasteiger partial charge in [-0.2, -0.15) is 0 Å². The number of hydrogen-bond donors (Lipinski definition) is 5. The number of carbonyl (C=O) groups is 3. The lowest BCUT2D eigenvalue weighted by molar-refractivity contribution is -0.130. The summed E-state index contributed by atoms with van der Waals surface area (Å²) in [4.78, 5) is 35.2. The third-order valence-electron chi connectivity index (χ3n) is 4.16. The number of hydroxylamine groups is 1. The highest BCUT2D eigenvalue weighted by Crippen LogP contribution is 2.07. The predicted octanol–water partition coefficient (Wildman–Crippen LogP) is 0.328. The normalized spacial score (nSPS) is 10.9. The quantitative estimate of drug-likeness (QED) is 0.256. The molecule has 1 atom stereocenters. The molecule has 0 aliphatic rings. The van der Waals surface area contributed by atoms with E-state index in [0.29, 0.717) is 24.1 Å². The van der Waals surface area contributed by atoms with Gasteiger partial charge >= 0.3 is 0 Å². The number of amides is 3. The van der Waals surface area contributed by atoms with Gasteiger partial charge in [-0.1, -0.05) is 24.0 Å². The summed E-state index contributed by atoms with van der Waals surface area (Å²) in [5.41, 5.74) is 9.63. The Hall–Kier alpha value is -3.67. The molecule has 2 aromatic rings. The lowest BCUT2D eigenvalue weighted by Crippen LogP contribution is -2.50. The number of hydrogen-bond acceptors (Lipinski definition) is 5. The van der Waals surface area contributed by atoms with E-state index in [2.05, 4.69) is 22.5 Å². The Kier molecular flexibility index (Phi) is 8.56. The Morgan fingerprint density at radius 1 is 1.00 bits per heavy atom. The Morgan fingerprint density at radius 2 is 1.57 bits per heavy atom. The molecule has 0 bridgehead atoms. The van der Waals surface area contributed by atoms with E-state index in [1.54, 1.807) is 24.3 Å². The van der Waals surface area contributed by atoms with Crippen LogP contribution in [0.3, 0.4) is 0 Å². The first-order chi connectivity index (χ1) is 14.5. The van der Waals surface area contributed by atoms with E-state index in [-0.39, 0.29) is 12.5 Å². The maximum absolute atomic E-state index is 12.2. The minimum atomic E-state index is -1.03. The van der Waals surface area contributed by atoms with Crippen LogP contribution in [0.2, 0.25) is 0 Å². The Balaban J connectivity index is 1.99. The van der Waals surface area contributed by atoms with Crippen LogP contribution in [0.4, 0.5) is 0 Å². The van der Waals surface area contributed by atoms with Crippen LogP contribution in [0.25, 0.3) is 0 Å². The molecule has 156 valence electrons. The van der Waals surface area contributed by atoms with Crippen LogP contribution in [-0.4, -0.2) is 42.1 Å². The molecule has 0 aliphatic carbocycles. The number of nitrogens with two attached hydrogens (primary N) is 1. The monoisotopic (exact) mass is 408 g/mol. The van der Waals surface area contributed by atoms with Crippen LogP contribution in [-0.2, 0) is 16.0 Å². The van der Waals surface area contributed by atoms with E-state index in [1.165, 1.54) is 5.48 Å². The Morgan fingerprint density at radius 3 is 2.07 bits per heavy atom. The zero-order valence-electron chi connectivity index (χ0n) is 16.6. The zero-order valence-corrected chi connectivity index (χ0v) is 16.6. The average molecular weight is 408 g/mol. The van der Waals surface area contributed by atoms with Crippen LogP contribution >= 0.6 is 0 Å². The summed E-state index contributed by atoms with van der Waals surface area (Å²) >= 11 is 0. The van der Waals surface area contributed by atoms with E-state index >= 15 is 0 Å². The maximum atomic E-state index is 12.2. The van der Waals surface area contributed by atoms with Crippen molar-refractivity contribution in [2.45, 2.75) is 19.4 Å². The van der Waals surface area contributed by atoms with Crippen molar-refractivity contribution in [1.29, 1.82) is 0 Å². The van der Waals surface area contributed by atoms with Crippen molar-refractivity contribution >= 4 is 17.7 Å². The minimum Gasteiger partial charge on any atom is -0.356 e. The van der Waals surface area contributed by atoms with Crippen molar-refractivity contribution in [3.05, 3.63) is 70.8 Å². The van der Waals surface area contributed by atoms with Gasteiger partial charge in [-0.25, -0.2) is 5.48 Å². The Labute approximate surface area is 174 Å². The lowest BCUT2D eigenvalue weighted by atomic mass is 10.1. The molecule has 0 saturated heterocycles. The van der Waals surface area contributed by atoms with Gasteiger partial charge in [0, 0.05) is 29.8 Å². The van der Waals surface area contributed by atoms with Crippen molar-refractivity contribution in [2.24, 2.45) is 5.73 Å². The third kappa shape index (κ3) is 6.74. The first kappa shape index (κ1) is 22.6. The summed E-state index contributed by atoms with van der Waals surface area (Å²) in [5, 5.41) is 13.8. The van der Waals surface area contributed by atoms with Crippen molar-refractivity contribution in [3.63, 3.8) is 0 Å². The summed E-state index contributed by atoms with van der Waals surface area (Å²) in [6, 6.07) is 12.9. The van der Waals surface area contributed by atoms with Gasteiger partial charge < -0.3 is 16.4 Å². The number of benzene rings is 2. The van der Waals surface area contributed by atoms with Crippen molar-refractivity contribution in [1.82, 2.24) is 16.1 Å². The van der Waals surface area contributed by atoms with Crippen molar-refractivity contribution in [2.75, 3.05) is 13.1 Å². The first-order valence-electron chi connectivity index (χ1n) is 9.39. The summed E-state index contributed by atoms with van der Waals surface area (Å²) in [7, 11) is 0. The zero-order chi connectivity index (χ0) is 21.9. The highest BCUT2D eigenvalue weighted by atomic mass is 16.5. The van der Waals surface area contributed by atoms with Gasteiger partial charge in [0.25, 0.3) is 11.8 Å². The average Bonchev–Trinajstić information content (AvgIpc) is 2.76. The van der Waals surface area contributed by atoms with E-state index in [4.69, 9.17) is 10.9 Å². The smallest absolute Gasteiger partial charge is 0.267 e. The Bertz CT molecular complexity index is 944. The minimum absolute atomic E-state index is 0.0183. The molecule has 0 aromatic heterocycles. The van der Waals surface area contributed by atoms with Gasteiger partial charge in [-0.05, 0) is 48.9 Å². The molecule has 0 fully saturated rings. The third-order valence-corrected chi connectivity index (χ3v) is 4.16. The molecule has 2 aromatic carbocycles. The second kappa shape index (κ2) is 11.4. The van der Waals surface area contributed by atoms with Crippen molar-refractivity contribution in [3.8, 4) is 11.8 Å². The molecule has 30 heavy (non-hydrogen) atoms. The van der Waals surface area contributed by atoms with E-state index < -0.39 is 17.9 Å². The molecule has 0 unspecified atom stereocenters. The molecule has 0 heterocycles. The largest absolute Gasteiger partial charge is 0.356 e. The lowest BCUT2D eigenvalue weighted by Gasteiger charge is -2.14. The number of rotatable bonds is 7. The van der Waals surface area contributed by atoms with Crippen LogP contribution in [0.15, 0.2) is 48.5 Å². The second-order valence-electron chi connectivity index (χ2n) is 6.39. The van der Waals surface area contributed by atoms with Gasteiger partial charge in [0.05, 0.1) is 6.42 Å². The highest BCUT2D eigenvalue weighted by Gasteiger charge is 2.19. The summed E-state index contributed by atoms with van der Waals surface area (Å²) in [5.74, 6) is 4.75. The molecule has 0 radical (unpaired) electrons. The predicted molar refractivity (Wildman–Crippen MR) is 111 cm³/mol. The van der Waals surface area contributed by atoms with Gasteiger partial charge in [-0.3, -0.25) is 19.6 Å². The fourth-order valence-corrected chi connectivity index (χ4v) is 2.55. The van der Waals surface area contributed by atoms with E-state index in [9.17, 15) is 14.4 Å². The fraction of sp³-hybridized carbons (Fsp3) is 0.227. The standard InChI is InChI=1S/C22H24N4O4/c1-2-24-20(27)13-17-7-5-15(6-8-17)3-4-16-9-11-18(12-10-16)21(28)25-19(14-23)22(29)26-30/h5-12,19,30H,2,13-14,23H2,1H3,(H,24,27)(H,25,28)(H,26,29)/t19-/m0/s1. The molecule has 0 aliphatic heterocycles. The topological polar surface area (TPSA) is 134 Å². The molecule has 3 amide bonds. The molecule has 0 spiro atoms. The SMILES string of the molecule is CCNC(=O)Cc1ccc(C#Cc2ccc(C(=O)N[C@@H](CN)C(=O)NO)cc2)cc1. The summed E-state index contributed by atoms with van der Waals surface area (Å²) < 4.78 is 0. The van der Waals surface area contributed by atoms with Crippen LogP contribution in [0, 0.1) is 11.8 Å². The molecular weight excluding hydrogens is 384 g/mol. The van der Waals surface area contributed by atoms with Crippen LogP contribution < -0.4 is 21.8 Å². The van der Waals surface area contributed by atoms with Gasteiger partial charge in [0.1, 0.15) is 6.04 Å². The highest BCUT2D eigenvalue weighted by molar-refractivity contribution is 5.97. The second-order valence-corrected chi connectivity index (χ2v) is 6.39. The molecular formula is C22H24N4O4. The molecule has 8 nitrogen and oxygen atoms in total. The number of likely N-dealkylation sites (N-methyl/N-ethyl adjacent to an activating group) is 1. The van der Waals surface area contributed by atoms with Gasteiger partial charge in [-0.15, -0.1) is 0 Å². The first-order valence-corrected chi connectivity index (χ1v) is 9.39. The summed E-state index contributed by atoms with van der Waals surface area (Å²) in [6.07, 6.45) is 0.329. The van der Waals surface area contributed by atoms with Crippen LogP contribution in [0.5, 0.6) is 0 Å². The van der Waals surface area contributed by atoms with E-state index in [1.807, 2.05) is 31.2 Å². The number of nitrogens with one attached hydrogen (secondary N) is 3. The fourth-order valence-electron chi connectivity index (χ4n) is 2.55. The van der Waals surface area contributed by atoms with Gasteiger partial charge in [0.2, 0.25) is 5.91 Å². The van der Waals surface area contributed by atoms with Crippen molar-refractivity contribution < 1.29 is 19.6 Å². The molecule has 2 rings (SSSR count). The van der Waals surface area contributed by atoms with Gasteiger partial charge in [0.15, 0.2) is 0 Å².